The van der Waals surface area contributed by atoms with E-state index in [1.807, 2.05) is 37.4 Å². The lowest BCUT2D eigenvalue weighted by Gasteiger charge is -2.07. The van der Waals surface area contributed by atoms with Gasteiger partial charge in [0.25, 0.3) is 0 Å². The Morgan fingerprint density at radius 2 is 2.21 bits per heavy atom. The highest BCUT2D eigenvalue weighted by Gasteiger charge is 2.04. The van der Waals surface area contributed by atoms with Crippen molar-refractivity contribution in [3.63, 3.8) is 0 Å². The molecule has 1 aromatic carbocycles. The fraction of sp³-hybridized carbons (Fsp3) is 0.182. The minimum Gasteiger partial charge on any atom is -0.493 e. The van der Waals surface area contributed by atoms with Gasteiger partial charge in [0.05, 0.1) is 12.8 Å². The summed E-state index contributed by atoms with van der Waals surface area (Å²) in [5.74, 6) is 0.899. The van der Waals surface area contributed by atoms with E-state index in [4.69, 9.17) is 4.74 Å². The quantitative estimate of drug-likeness (QED) is 0.803. The first kappa shape index (κ1) is 8.81. The third-order valence-electron chi connectivity index (χ3n) is 2.00. The van der Waals surface area contributed by atoms with Crippen molar-refractivity contribution in [3.05, 3.63) is 36.7 Å². The van der Waals surface area contributed by atoms with Crippen molar-refractivity contribution in [2.24, 2.45) is 0 Å². The SMILES string of the molecule is CCOc1ccccc1-c1cn[nH]c1. The summed E-state index contributed by atoms with van der Waals surface area (Å²) in [6.07, 6.45) is 3.65. The average Bonchev–Trinajstić information content (AvgIpc) is 2.72. The molecule has 0 aliphatic carbocycles. The van der Waals surface area contributed by atoms with Gasteiger partial charge in [-0.25, -0.2) is 0 Å². The van der Waals surface area contributed by atoms with Crippen LogP contribution in [0.1, 0.15) is 6.92 Å². The van der Waals surface area contributed by atoms with Crippen molar-refractivity contribution in [3.8, 4) is 16.9 Å². The molecular weight excluding hydrogens is 176 g/mol. The fourth-order valence-corrected chi connectivity index (χ4v) is 1.38. The summed E-state index contributed by atoms with van der Waals surface area (Å²) in [5, 5.41) is 6.71. The van der Waals surface area contributed by atoms with Gasteiger partial charge in [0.15, 0.2) is 0 Å². The molecule has 14 heavy (non-hydrogen) atoms. The highest BCUT2D eigenvalue weighted by Crippen LogP contribution is 2.28. The Morgan fingerprint density at radius 1 is 1.36 bits per heavy atom. The van der Waals surface area contributed by atoms with Crippen molar-refractivity contribution in [1.29, 1.82) is 0 Å². The lowest BCUT2D eigenvalue weighted by atomic mass is 10.1. The number of para-hydroxylation sites is 1. The molecule has 0 amide bonds. The highest BCUT2D eigenvalue weighted by molar-refractivity contribution is 5.68. The summed E-state index contributed by atoms with van der Waals surface area (Å²) >= 11 is 0. The highest BCUT2D eigenvalue weighted by atomic mass is 16.5. The van der Waals surface area contributed by atoms with Crippen molar-refractivity contribution in [2.75, 3.05) is 6.61 Å². The second-order valence-electron chi connectivity index (χ2n) is 2.92. The van der Waals surface area contributed by atoms with Crippen LogP contribution in [0.15, 0.2) is 36.7 Å². The number of nitrogens with zero attached hydrogens (tertiary/aromatic N) is 1. The maximum atomic E-state index is 5.52. The van der Waals surface area contributed by atoms with Gasteiger partial charge in [-0.15, -0.1) is 0 Å². The third-order valence-corrected chi connectivity index (χ3v) is 2.00. The first-order chi connectivity index (χ1) is 6.92. The summed E-state index contributed by atoms with van der Waals surface area (Å²) in [6.45, 7) is 2.65. The maximum absolute atomic E-state index is 5.52. The predicted octanol–water partition coefficient (Wildman–Crippen LogP) is 2.48. The molecule has 2 rings (SSSR count). The first-order valence-corrected chi connectivity index (χ1v) is 4.63. The molecule has 0 saturated carbocycles. The van der Waals surface area contributed by atoms with Crippen molar-refractivity contribution in [2.45, 2.75) is 6.92 Å². The molecule has 3 nitrogen and oxygen atoms in total. The van der Waals surface area contributed by atoms with Gasteiger partial charge in [-0.3, -0.25) is 5.10 Å². The molecule has 2 aromatic rings. The molecule has 0 atom stereocenters. The van der Waals surface area contributed by atoms with Crippen LogP contribution in [0.25, 0.3) is 11.1 Å². The Morgan fingerprint density at radius 3 is 2.93 bits per heavy atom. The van der Waals surface area contributed by atoms with E-state index in [-0.39, 0.29) is 0 Å². The number of hydrogen-bond acceptors (Lipinski definition) is 2. The topological polar surface area (TPSA) is 37.9 Å². The molecule has 0 bridgehead atoms. The largest absolute Gasteiger partial charge is 0.493 e. The van der Waals surface area contributed by atoms with Crippen LogP contribution < -0.4 is 4.74 Å². The standard InChI is InChI=1S/C11H12N2O/c1-2-14-11-6-4-3-5-10(11)9-7-12-13-8-9/h3-8H,2H2,1H3,(H,12,13). The van der Waals surface area contributed by atoms with Gasteiger partial charge in [0, 0.05) is 17.3 Å². The minimum absolute atomic E-state index is 0.675. The van der Waals surface area contributed by atoms with Crippen LogP contribution in [0.5, 0.6) is 5.75 Å². The Balaban J connectivity index is 2.42. The molecule has 72 valence electrons. The molecule has 0 saturated heterocycles. The molecule has 0 unspecified atom stereocenters. The lowest BCUT2D eigenvalue weighted by molar-refractivity contribution is 0.341. The molecule has 0 radical (unpaired) electrons. The van der Waals surface area contributed by atoms with Gasteiger partial charge >= 0.3 is 0 Å². The zero-order chi connectivity index (χ0) is 9.80. The van der Waals surface area contributed by atoms with Crippen molar-refractivity contribution >= 4 is 0 Å². The van der Waals surface area contributed by atoms with Gasteiger partial charge in [0.2, 0.25) is 0 Å². The average molecular weight is 188 g/mol. The maximum Gasteiger partial charge on any atom is 0.127 e. The summed E-state index contributed by atoms with van der Waals surface area (Å²) < 4.78 is 5.52. The lowest BCUT2D eigenvalue weighted by Crippen LogP contribution is -1.92. The first-order valence-electron chi connectivity index (χ1n) is 4.63. The Bertz CT molecular complexity index is 395. The number of aromatic nitrogens is 2. The van der Waals surface area contributed by atoms with Crippen LogP contribution in [0, 0.1) is 0 Å². The van der Waals surface area contributed by atoms with E-state index in [9.17, 15) is 0 Å². The van der Waals surface area contributed by atoms with E-state index in [0.717, 1.165) is 16.9 Å². The molecule has 0 fully saturated rings. The molecule has 0 spiro atoms. The number of rotatable bonds is 3. The molecule has 1 heterocycles. The van der Waals surface area contributed by atoms with Crippen LogP contribution >= 0.6 is 0 Å². The van der Waals surface area contributed by atoms with Gasteiger partial charge < -0.3 is 4.74 Å². The van der Waals surface area contributed by atoms with Gasteiger partial charge in [-0.1, -0.05) is 18.2 Å². The van der Waals surface area contributed by atoms with E-state index in [2.05, 4.69) is 10.2 Å². The number of H-pyrrole nitrogens is 1. The van der Waals surface area contributed by atoms with Crippen LogP contribution in [0.4, 0.5) is 0 Å². The van der Waals surface area contributed by atoms with Crippen LogP contribution in [0.2, 0.25) is 0 Å². The fourth-order valence-electron chi connectivity index (χ4n) is 1.38. The second kappa shape index (κ2) is 3.96. The number of benzene rings is 1. The molecule has 0 aliphatic heterocycles. The predicted molar refractivity (Wildman–Crippen MR) is 55.2 cm³/mol. The third kappa shape index (κ3) is 1.62. The Labute approximate surface area is 82.7 Å². The van der Waals surface area contributed by atoms with E-state index >= 15 is 0 Å². The molecule has 1 aromatic heterocycles. The number of hydrogen-bond donors (Lipinski definition) is 1. The molecule has 1 N–H and O–H groups in total. The minimum atomic E-state index is 0.675. The molecule has 3 heteroatoms. The zero-order valence-corrected chi connectivity index (χ0v) is 8.03. The van der Waals surface area contributed by atoms with E-state index in [0.29, 0.717) is 6.61 Å². The van der Waals surface area contributed by atoms with Gasteiger partial charge in [-0.2, -0.15) is 5.10 Å². The van der Waals surface area contributed by atoms with E-state index in [1.54, 1.807) is 6.20 Å². The zero-order valence-electron chi connectivity index (χ0n) is 8.03. The monoisotopic (exact) mass is 188 g/mol. The summed E-state index contributed by atoms with van der Waals surface area (Å²) in [5.41, 5.74) is 2.12. The summed E-state index contributed by atoms with van der Waals surface area (Å²) in [6, 6.07) is 7.95. The number of nitrogens with one attached hydrogen (secondary N) is 1. The van der Waals surface area contributed by atoms with E-state index < -0.39 is 0 Å². The van der Waals surface area contributed by atoms with Gasteiger partial charge in [-0.05, 0) is 13.0 Å². The Hall–Kier alpha value is -1.77. The smallest absolute Gasteiger partial charge is 0.127 e. The molecule has 0 aliphatic rings. The summed E-state index contributed by atoms with van der Waals surface area (Å²) in [4.78, 5) is 0. The normalized spacial score (nSPS) is 10.1. The van der Waals surface area contributed by atoms with Crippen LogP contribution in [0.3, 0.4) is 0 Å². The number of aromatic amines is 1. The van der Waals surface area contributed by atoms with Gasteiger partial charge in [0.1, 0.15) is 5.75 Å². The van der Waals surface area contributed by atoms with E-state index in [1.165, 1.54) is 0 Å². The van der Waals surface area contributed by atoms with Crippen molar-refractivity contribution in [1.82, 2.24) is 10.2 Å². The summed E-state index contributed by atoms with van der Waals surface area (Å²) in [7, 11) is 0. The van der Waals surface area contributed by atoms with Crippen LogP contribution in [-0.4, -0.2) is 16.8 Å². The molecular formula is C11H12N2O. The second-order valence-corrected chi connectivity index (χ2v) is 2.92. The van der Waals surface area contributed by atoms with Crippen molar-refractivity contribution < 1.29 is 4.74 Å². The van der Waals surface area contributed by atoms with Crippen LogP contribution in [-0.2, 0) is 0 Å². The Kier molecular flexibility index (Phi) is 2.49. The number of ether oxygens (including phenoxy) is 1.